The van der Waals surface area contributed by atoms with Gasteiger partial charge in [-0.2, -0.15) is 0 Å². The van der Waals surface area contributed by atoms with E-state index in [-0.39, 0.29) is 11.8 Å². The summed E-state index contributed by atoms with van der Waals surface area (Å²) in [4.78, 5) is 16.8. The summed E-state index contributed by atoms with van der Waals surface area (Å²) in [6.07, 6.45) is 1.60. The molecular weight excluding hydrogens is 200 g/mol. The van der Waals surface area contributed by atoms with E-state index in [2.05, 4.69) is 4.98 Å². The van der Waals surface area contributed by atoms with E-state index >= 15 is 0 Å². The minimum absolute atomic E-state index is 0.0987. The van der Waals surface area contributed by atoms with E-state index in [0.717, 1.165) is 11.8 Å². The Morgan fingerprint density at radius 1 is 1.64 bits per heavy atom. The number of aliphatic hydroxyl groups excluding tert-OH is 1. The maximum Gasteiger partial charge on any atom is 0.287 e. The summed E-state index contributed by atoms with van der Waals surface area (Å²) in [6.45, 7) is -0.100. The van der Waals surface area contributed by atoms with Gasteiger partial charge in [0.25, 0.3) is 5.24 Å². The summed E-state index contributed by atoms with van der Waals surface area (Å²) in [5.41, 5.74) is 0.674. The highest BCUT2D eigenvalue weighted by Crippen LogP contribution is 2.21. The Balaban J connectivity index is 2.80. The van der Waals surface area contributed by atoms with Gasteiger partial charge in [-0.1, -0.05) is 6.07 Å². The second kappa shape index (κ2) is 4.97. The van der Waals surface area contributed by atoms with Crippen molar-refractivity contribution in [1.82, 2.24) is 9.88 Å². The van der Waals surface area contributed by atoms with Crippen molar-refractivity contribution in [3.63, 3.8) is 0 Å². The number of aromatic nitrogens is 1. The van der Waals surface area contributed by atoms with Crippen LogP contribution in [0.5, 0.6) is 0 Å². The molecule has 1 aromatic heterocycles. The maximum atomic E-state index is 11.3. The molecule has 0 saturated carbocycles. The molecule has 1 amide bonds. The highest BCUT2D eigenvalue weighted by Gasteiger charge is 2.10. The Kier molecular flexibility index (Phi) is 3.91. The topological polar surface area (TPSA) is 53.4 Å². The molecule has 1 heterocycles. The molecule has 0 radical (unpaired) electrons. The van der Waals surface area contributed by atoms with E-state index in [1.165, 1.54) is 4.90 Å². The second-order valence-electron chi connectivity index (χ2n) is 2.89. The quantitative estimate of drug-likeness (QED) is 0.752. The molecule has 0 aliphatic heterocycles. The van der Waals surface area contributed by atoms with Crippen molar-refractivity contribution in [2.24, 2.45) is 0 Å². The van der Waals surface area contributed by atoms with Gasteiger partial charge in [0.2, 0.25) is 0 Å². The largest absolute Gasteiger partial charge is 0.392 e. The summed E-state index contributed by atoms with van der Waals surface area (Å²) in [5.74, 6) is 0. The van der Waals surface area contributed by atoms with E-state index in [1.54, 1.807) is 32.4 Å². The second-order valence-corrected chi connectivity index (χ2v) is 3.83. The van der Waals surface area contributed by atoms with Crippen molar-refractivity contribution in [3.8, 4) is 0 Å². The fourth-order valence-corrected chi connectivity index (χ4v) is 1.54. The van der Waals surface area contributed by atoms with Crippen LogP contribution in [0.4, 0.5) is 4.79 Å². The molecule has 0 spiro atoms. The van der Waals surface area contributed by atoms with E-state index in [1.807, 2.05) is 0 Å². The standard InChI is InChI=1S/C9H12N2O2S/c1-11(2)9(13)14-8-7(6-12)4-3-5-10-8/h3-5,12H,6H2,1-2H3. The minimum Gasteiger partial charge on any atom is -0.392 e. The molecule has 1 aromatic rings. The number of nitrogens with zero attached hydrogens (tertiary/aromatic N) is 2. The van der Waals surface area contributed by atoms with Crippen LogP contribution in [0.2, 0.25) is 0 Å². The monoisotopic (exact) mass is 212 g/mol. The summed E-state index contributed by atoms with van der Waals surface area (Å²) in [6, 6.07) is 3.48. The highest BCUT2D eigenvalue weighted by molar-refractivity contribution is 8.13. The average molecular weight is 212 g/mol. The molecule has 14 heavy (non-hydrogen) atoms. The van der Waals surface area contributed by atoms with E-state index in [4.69, 9.17) is 5.11 Å². The Morgan fingerprint density at radius 3 is 2.93 bits per heavy atom. The first-order valence-electron chi connectivity index (χ1n) is 4.09. The zero-order valence-electron chi connectivity index (χ0n) is 8.10. The number of rotatable bonds is 2. The zero-order valence-corrected chi connectivity index (χ0v) is 8.91. The predicted octanol–water partition coefficient (Wildman–Crippen LogP) is 1.35. The van der Waals surface area contributed by atoms with Crippen LogP contribution >= 0.6 is 11.8 Å². The van der Waals surface area contributed by atoms with Gasteiger partial charge in [-0.15, -0.1) is 0 Å². The lowest BCUT2D eigenvalue weighted by Gasteiger charge is -2.09. The first-order chi connectivity index (χ1) is 6.65. The summed E-state index contributed by atoms with van der Waals surface area (Å²) < 4.78 is 0. The van der Waals surface area contributed by atoms with Crippen LogP contribution in [0.3, 0.4) is 0 Å². The first kappa shape index (κ1) is 11.0. The lowest BCUT2D eigenvalue weighted by Crippen LogP contribution is -2.16. The summed E-state index contributed by atoms with van der Waals surface area (Å²) >= 11 is 1.02. The minimum atomic E-state index is -0.100. The summed E-state index contributed by atoms with van der Waals surface area (Å²) in [7, 11) is 3.35. The molecule has 0 aliphatic carbocycles. The third kappa shape index (κ3) is 2.71. The fraction of sp³-hybridized carbons (Fsp3) is 0.333. The number of hydrogen-bond donors (Lipinski definition) is 1. The molecule has 1 rings (SSSR count). The number of carbonyl (C=O) groups excluding carboxylic acids is 1. The smallest absolute Gasteiger partial charge is 0.287 e. The van der Waals surface area contributed by atoms with Crippen LogP contribution in [0.25, 0.3) is 0 Å². The molecule has 0 saturated heterocycles. The molecule has 0 bridgehead atoms. The molecule has 0 aliphatic rings. The fourth-order valence-electron chi connectivity index (χ4n) is 0.810. The Bertz CT molecular complexity index is 328. The van der Waals surface area contributed by atoms with Crippen LogP contribution in [0.1, 0.15) is 5.56 Å². The molecule has 1 N–H and O–H groups in total. The van der Waals surface area contributed by atoms with Crippen molar-refractivity contribution in [3.05, 3.63) is 23.9 Å². The van der Waals surface area contributed by atoms with Gasteiger partial charge in [0.05, 0.1) is 6.61 Å². The van der Waals surface area contributed by atoms with E-state index < -0.39 is 0 Å². The number of amides is 1. The molecular formula is C9H12N2O2S. The molecule has 0 aromatic carbocycles. The van der Waals surface area contributed by atoms with E-state index in [0.29, 0.717) is 10.6 Å². The highest BCUT2D eigenvalue weighted by atomic mass is 32.2. The van der Waals surface area contributed by atoms with Gasteiger partial charge in [-0.3, -0.25) is 4.79 Å². The van der Waals surface area contributed by atoms with Crippen molar-refractivity contribution >= 4 is 17.0 Å². The molecule has 0 unspecified atom stereocenters. The predicted molar refractivity (Wildman–Crippen MR) is 55.1 cm³/mol. The average Bonchev–Trinajstić information content (AvgIpc) is 2.18. The van der Waals surface area contributed by atoms with Crippen LogP contribution in [-0.4, -0.2) is 34.3 Å². The number of carbonyl (C=O) groups is 1. The van der Waals surface area contributed by atoms with Crippen molar-refractivity contribution in [2.75, 3.05) is 14.1 Å². The number of hydrogen-bond acceptors (Lipinski definition) is 4. The molecule has 0 atom stereocenters. The molecule has 5 heteroatoms. The molecule has 76 valence electrons. The van der Waals surface area contributed by atoms with Gasteiger partial charge in [0, 0.05) is 25.9 Å². The normalized spacial score (nSPS) is 9.93. The SMILES string of the molecule is CN(C)C(=O)Sc1ncccc1CO. The molecule has 4 nitrogen and oxygen atoms in total. The Morgan fingerprint density at radius 2 is 2.36 bits per heavy atom. The third-order valence-corrected chi connectivity index (χ3v) is 2.67. The van der Waals surface area contributed by atoms with Crippen LogP contribution < -0.4 is 0 Å². The lowest BCUT2D eigenvalue weighted by molar-refractivity contribution is 0.241. The van der Waals surface area contributed by atoms with Gasteiger partial charge in [-0.05, 0) is 17.8 Å². The number of aliphatic hydroxyl groups is 1. The van der Waals surface area contributed by atoms with Gasteiger partial charge in [0.1, 0.15) is 5.03 Å². The van der Waals surface area contributed by atoms with Crippen molar-refractivity contribution in [2.45, 2.75) is 11.6 Å². The number of pyridine rings is 1. The van der Waals surface area contributed by atoms with Gasteiger partial charge >= 0.3 is 0 Å². The Hall–Kier alpha value is -1.07. The van der Waals surface area contributed by atoms with Crippen molar-refractivity contribution in [1.29, 1.82) is 0 Å². The van der Waals surface area contributed by atoms with E-state index in [9.17, 15) is 4.79 Å². The maximum absolute atomic E-state index is 11.3. The van der Waals surface area contributed by atoms with Crippen LogP contribution in [-0.2, 0) is 6.61 Å². The number of thioether (sulfide) groups is 1. The van der Waals surface area contributed by atoms with Gasteiger partial charge < -0.3 is 10.0 Å². The molecule has 0 fully saturated rings. The van der Waals surface area contributed by atoms with Gasteiger partial charge in [-0.25, -0.2) is 4.98 Å². The third-order valence-electron chi connectivity index (χ3n) is 1.57. The summed E-state index contributed by atoms with van der Waals surface area (Å²) in [5, 5.41) is 9.46. The first-order valence-corrected chi connectivity index (χ1v) is 4.90. The van der Waals surface area contributed by atoms with Crippen LogP contribution in [0.15, 0.2) is 23.4 Å². The van der Waals surface area contributed by atoms with Crippen molar-refractivity contribution < 1.29 is 9.90 Å². The zero-order chi connectivity index (χ0) is 10.6. The van der Waals surface area contributed by atoms with Gasteiger partial charge in [0.15, 0.2) is 0 Å². The lowest BCUT2D eigenvalue weighted by atomic mass is 10.3. The van der Waals surface area contributed by atoms with Crippen LogP contribution in [0, 0.1) is 0 Å². The Labute approximate surface area is 86.9 Å².